The molecule has 2 N–H and O–H groups in total. The quantitative estimate of drug-likeness (QED) is 0.654. The first-order chi connectivity index (χ1) is 7.45. The first-order valence-electron chi connectivity index (χ1n) is 4.47. The maximum Gasteiger partial charge on any atom is 0.358 e. The molecule has 0 spiro atoms. The third-order valence-corrected chi connectivity index (χ3v) is 2.06. The van der Waals surface area contributed by atoms with E-state index in [2.05, 4.69) is 9.84 Å². The lowest BCUT2D eigenvalue weighted by Crippen LogP contribution is -2.23. The molecule has 0 aliphatic heterocycles. The number of aliphatic carboxylic acids is 1. The zero-order valence-electron chi connectivity index (χ0n) is 8.88. The topological polar surface area (TPSA) is 102 Å². The van der Waals surface area contributed by atoms with Crippen molar-refractivity contribution in [3.8, 4) is 0 Å². The molecule has 0 amide bonds. The highest BCUT2D eigenvalue weighted by Crippen LogP contribution is 2.07. The summed E-state index contributed by atoms with van der Waals surface area (Å²) in [5, 5.41) is 21.5. The van der Waals surface area contributed by atoms with E-state index in [0.717, 1.165) is 0 Å². The van der Waals surface area contributed by atoms with Crippen LogP contribution in [0.3, 0.4) is 0 Å². The Balaban J connectivity index is 2.86. The predicted molar refractivity (Wildman–Crippen MR) is 51.9 cm³/mol. The minimum absolute atomic E-state index is 0.0811. The average molecular weight is 228 g/mol. The number of aliphatic hydroxyl groups excluding tert-OH is 1. The van der Waals surface area contributed by atoms with E-state index >= 15 is 0 Å². The molecule has 0 fully saturated rings. The van der Waals surface area contributed by atoms with Crippen molar-refractivity contribution in [2.24, 2.45) is 7.05 Å². The fourth-order valence-electron chi connectivity index (χ4n) is 1.19. The van der Waals surface area contributed by atoms with Crippen molar-refractivity contribution in [2.45, 2.75) is 12.5 Å². The van der Waals surface area contributed by atoms with Crippen molar-refractivity contribution in [3.05, 3.63) is 17.5 Å². The molecule has 0 aromatic carbocycles. The van der Waals surface area contributed by atoms with Crippen LogP contribution in [0.25, 0.3) is 0 Å². The lowest BCUT2D eigenvalue weighted by molar-refractivity contribution is -0.146. The first-order valence-corrected chi connectivity index (χ1v) is 4.47. The fourth-order valence-corrected chi connectivity index (χ4v) is 1.19. The number of esters is 1. The number of carboxylic acids is 1. The molecule has 1 aromatic heterocycles. The zero-order chi connectivity index (χ0) is 12.3. The monoisotopic (exact) mass is 228 g/mol. The molecule has 0 saturated carbocycles. The van der Waals surface area contributed by atoms with E-state index in [1.807, 2.05) is 0 Å². The Bertz CT molecular complexity index is 412. The van der Waals surface area contributed by atoms with E-state index in [0.29, 0.717) is 5.69 Å². The average Bonchev–Trinajstić information content (AvgIpc) is 2.59. The summed E-state index contributed by atoms with van der Waals surface area (Å²) in [5.74, 6) is -1.92. The minimum Gasteiger partial charge on any atom is -0.479 e. The van der Waals surface area contributed by atoms with Gasteiger partial charge in [-0.1, -0.05) is 0 Å². The summed E-state index contributed by atoms with van der Waals surface area (Å²) in [4.78, 5) is 21.6. The molecular formula is C9H12N2O5. The molecule has 7 heteroatoms. The van der Waals surface area contributed by atoms with Crippen LogP contribution in [0.5, 0.6) is 0 Å². The van der Waals surface area contributed by atoms with Crippen LogP contribution in [-0.2, 0) is 23.0 Å². The van der Waals surface area contributed by atoms with Gasteiger partial charge in [-0.15, -0.1) is 0 Å². The zero-order valence-corrected chi connectivity index (χ0v) is 8.88. The maximum atomic E-state index is 11.1. The molecule has 1 heterocycles. The number of carbonyl (C=O) groups excluding carboxylic acids is 1. The largest absolute Gasteiger partial charge is 0.479 e. The number of methoxy groups -OCH3 is 1. The smallest absolute Gasteiger partial charge is 0.358 e. The van der Waals surface area contributed by atoms with Gasteiger partial charge in [0.25, 0.3) is 0 Å². The third-order valence-electron chi connectivity index (χ3n) is 2.06. The minimum atomic E-state index is -1.51. The highest BCUT2D eigenvalue weighted by molar-refractivity contribution is 5.87. The van der Waals surface area contributed by atoms with Crippen LogP contribution >= 0.6 is 0 Å². The Labute approximate surface area is 91.3 Å². The summed E-state index contributed by atoms with van der Waals surface area (Å²) in [5.41, 5.74) is 0.521. The number of hydrogen-bond acceptors (Lipinski definition) is 5. The number of carbonyl (C=O) groups is 2. The molecule has 88 valence electrons. The lowest BCUT2D eigenvalue weighted by atomic mass is 10.2. The normalized spacial score (nSPS) is 12.2. The van der Waals surface area contributed by atoms with Crippen LogP contribution in [-0.4, -0.2) is 45.1 Å². The summed E-state index contributed by atoms with van der Waals surface area (Å²) in [6, 6.07) is 1.39. The number of nitrogens with zero attached hydrogens (tertiary/aromatic N) is 2. The Morgan fingerprint density at radius 1 is 1.62 bits per heavy atom. The second-order valence-corrected chi connectivity index (χ2v) is 3.19. The van der Waals surface area contributed by atoms with Crippen molar-refractivity contribution in [2.75, 3.05) is 7.11 Å². The number of carboxylic acid groups (broad SMARTS) is 1. The molecule has 1 unspecified atom stereocenters. The molecule has 0 aliphatic carbocycles. The SMILES string of the molecule is COC(=O)c1cc(CC(O)C(=O)O)n(C)n1. The van der Waals surface area contributed by atoms with Crippen LogP contribution in [0.4, 0.5) is 0 Å². The number of aryl methyl sites for hydroxylation is 1. The Morgan fingerprint density at radius 2 is 2.25 bits per heavy atom. The van der Waals surface area contributed by atoms with Crippen LogP contribution in [0, 0.1) is 0 Å². The number of aliphatic hydroxyl groups is 1. The van der Waals surface area contributed by atoms with Gasteiger partial charge in [0, 0.05) is 19.2 Å². The van der Waals surface area contributed by atoms with Gasteiger partial charge in [-0.05, 0) is 6.07 Å². The third kappa shape index (κ3) is 2.57. The lowest BCUT2D eigenvalue weighted by Gasteiger charge is -2.04. The van der Waals surface area contributed by atoms with Crippen molar-refractivity contribution in [1.82, 2.24) is 9.78 Å². The molecule has 7 nitrogen and oxygen atoms in total. The Kier molecular flexibility index (Phi) is 3.62. The number of hydrogen-bond donors (Lipinski definition) is 2. The second kappa shape index (κ2) is 4.75. The number of rotatable bonds is 4. The summed E-state index contributed by atoms with van der Waals surface area (Å²) in [6.45, 7) is 0. The van der Waals surface area contributed by atoms with Crippen molar-refractivity contribution in [3.63, 3.8) is 0 Å². The molecule has 0 radical (unpaired) electrons. The van der Waals surface area contributed by atoms with Crippen molar-refractivity contribution in [1.29, 1.82) is 0 Å². The fraction of sp³-hybridized carbons (Fsp3) is 0.444. The highest BCUT2D eigenvalue weighted by atomic mass is 16.5. The standard InChI is InChI=1S/C9H12N2O5/c1-11-5(4-7(12)8(13)14)3-6(10-11)9(15)16-2/h3,7,12H,4H2,1-2H3,(H,13,14). The number of ether oxygens (including phenoxy) is 1. The summed E-state index contributed by atoms with van der Waals surface area (Å²) in [6.07, 6.45) is -1.63. The summed E-state index contributed by atoms with van der Waals surface area (Å²) < 4.78 is 5.80. The van der Waals surface area contributed by atoms with E-state index in [1.165, 1.54) is 17.9 Å². The van der Waals surface area contributed by atoms with Gasteiger partial charge >= 0.3 is 11.9 Å². The molecule has 0 bridgehead atoms. The molecule has 1 aromatic rings. The molecule has 0 saturated heterocycles. The van der Waals surface area contributed by atoms with Crippen molar-refractivity contribution >= 4 is 11.9 Å². The molecule has 1 rings (SSSR count). The second-order valence-electron chi connectivity index (χ2n) is 3.19. The Hall–Kier alpha value is -1.89. The van der Waals surface area contributed by atoms with E-state index in [9.17, 15) is 9.59 Å². The first kappa shape index (κ1) is 12.2. The van der Waals surface area contributed by atoms with Crippen LogP contribution in [0.15, 0.2) is 6.07 Å². The Morgan fingerprint density at radius 3 is 2.75 bits per heavy atom. The van der Waals surface area contributed by atoms with E-state index < -0.39 is 18.0 Å². The van der Waals surface area contributed by atoms with Gasteiger partial charge in [-0.3, -0.25) is 4.68 Å². The van der Waals surface area contributed by atoms with Gasteiger partial charge in [-0.2, -0.15) is 5.10 Å². The number of aromatic nitrogens is 2. The highest BCUT2D eigenvalue weighted by Gasteiger charge is 2.19. The van der Waals surface area contributed by atoms with E-state index in [1.54, 1.807) is 7.05 Å². The van der Waals surface area contributed by atoms with Gasteiger partial charge in [0.1, 0.15) is 0 Å². The van der Waals surface area contributed by atoms with Gasteiger partial charge in [0.15, 0.2) is 11.8 Å². The van der Waals surface area contributed by atoms with Gasteiger partial charge in [0.05, 0.1) is 7.11 Å². The maximum absolute atomic E-state index is 11.1. The summed E-state index contributed by atoms with van der Waals surface area (Å²) >= 11 is 0. The predicted octanol–water partition coefficient (Wildman–Crippen LogP) is -0.805. The molecule has 16 heavy (non-hydrogen) atoms. The molecular weight excluding hydrogens is 216 g/mol. The van der Waals surface area contributed by atoms with Crippen LogP contribution < -0.4 is 0 Å². The molecule has 0 aliphatic rings. The van der Waals surface area contributed by atoms with Crippen LogP contribution in [0.1, 0.15) is 16.2 Å². The van der Waals surface area contributed by atoms with Gasteiger partial charge < -0.3 is 14.9 Å². The molecule has 1 atom stereocenters. The van der Waals surface area contributed by atoms with E-state index in [4.69, 9.17) is 10.2 Å². The van der Waals surface area contributed by atoms with Crippen LogP contribution in [0.2, 0.25) is 0 Å². The summed E-state index contributed by atoms with van der Waals surface area (Å²) in [7, 11) is 2.78. The van der Waals surface area contributed by atoms with E-state index in [-0.39, 0.29) is 12.1 Å². The van der Waals surface area contributed by atoms with Gasteiger partial charge in [0.2, 0.25) is 0 Å². The van der Waals surface area contributed by atoms with Crippen molar-refractivity contribution < 1.29 is 24.5 Å². The van der Waals surface area contributed by atoms with Gasteiger partial charge in [-0.25, -0.2) is 9.59 Å².